The molecule has 0 aliphatic carbocycles. The summed E-state index contributed by atoms with van der Waals surface area (Å²) in [6, 6.07) is 7.55. The summed E-state index contributed by atoms with van der Waals surface area (Å²) < 4.78 is 0. The predicted molar refractivity (Wildman–Crippen MR) is 75.9 cm³/mol. The molecule has 0 heterocycles. The molecule has 0 saturated heterocycles. The number of carbonyl (C=O) groups excluding carboxylic acids is 1. The fraction of sp³-hybridized carbons (Fsp3) is 0.562. The van der Waals surface area contributed by atoms with Crippen molar-refractivity contribution in [3.63, 3.8) is 0 Å². The monoisotopic (exact) mass is 264 g/mol. The highest BCUT2D eigenvalue weighted by Crippen LogP contribution is 2.10. The second-order valence-electron chi connectivity index (χ2n) is 5.20. The van der Waals surface area contributed by atoms with E-state index in [0.717, 1.165) is 6.42 Å². The first-order chi connectivity index (χ1) is 9.13. The highest BCUT2D eigenvalue weighted by molar-refractivity contribution is 5.88. The van der Waals surface area contributed by atoms with Crippen molar-refractivity contribution >= 4 is 5.97 Å². The number of hydrogen-bond donors (Lipinski definition) is 0. The summed E-state index contributed by atoms with van der Waals surface area (Å²) in [6.07, 6.45) is 4.72. The molecule has 0 bridgehead atoms. The highest BCUT2D eigenvalue weighted by atomic mass is 17.2. The Morgan fingerprint density at radius 1 is 1.16 bits per heavy atom. The van der Waals surface area contributed by atoms with E-state index in [2.05, 4.69) is 6.92 Å². The molecule has 0 fully saturated rings. The van der Waals surface area contributed by atoms with E-state index in [0.29, 0.717) is 18.1 Å². The second-order valence-corrected chi connectivity index (χ2v) is 5.20. The summed E-state index contributed by atoms with van der Waals surface area (Å²) in [4.78, 5) is 21.3. The number of benzene rings is 1. The third kappa shape index (κ3) is 6.39. The van der Waals surface area contributed by atoms with Crippen LogP contribution in [-0.2, 0) is 16.2 Å². The lowest BCUT2D eigenvalue weighted by Gasteiger charge is -2.06. The van der Waals surface area contributed by atoms with Gasteiger partial charge in [-0.2, -0.15) is 4.89 Å². The molecule has 3 heteroatoms. The van der Waals surface area contributed by atoms with Gasteiger partial charge in [0, 0.05) is 0 Å². The minimum Gasteiger partial charge on any atom is -0.293 e. The average molecular weight is 264 g/mol. The summed E-state index contributed by atoms with van der Waals surface area (Å²) in [5, 5.41) is 0. The van der Waals surface area contributed by atoms with Crippen molar-refractivity contribution in [1.29, 1.82) is 0 Å². The first-order valence-corrected chi connectivity index (χ1v) is 7.06. The topological polar surface area (TPSA) is 35.5 Å². The predicted octanol–water partition coefficient (Wildman–Crippen LogP) is 4.16. The Bertz CT molecular complexity index is 368. The zero-order valence-electron chi connectivity index (χ0n) is 12.1. The van der Waals surface area contributed by atoms with Crippen molar-refractivity contribution in [3.05, 3.63) is 35.4 Å². The zero-order valence-corrected chi connectivity index (χ0v) is 12.1. The van der Waals surface area contributed by atoms with Crippen LogP contribution in [-0.4, -0.2) is 12.6 Å². The lowest BCUT2D eigenvalue weighted by Crippen LogP contribution is -2.09. The highest BCUT2D eigenvalue weighted by Gasteiger charge is 2.08. The zero-order chi connectivity index (χ0) is 14.1. The van der Waals surface area contributed by atoms with E-state index < -0.39 is 5.97 Å². The van der Waals surface area contributed by atoms with Gasteiger partial charge in [-0.1, -0.05) is 45.7 Å². The van der Waals surface area contributed by atoms with Gasteiger partial charge in [-0.3, -0.25) is 4.89 Å². The Kier molecular flexibility index (Phi) is 7.19. The summed E-state index contributed by atoms with van der Waals surface area (Å²) in [5.41, 5.74) is 1.79. The van der Waals surface area contributed by atoms with Crippen LogP contribution in [0.15, 0.2) is 24.3 Å². The maximum atomic E-state index is 11.7. The van der Waals surface area contributed by atoms with E-state index in [1.165, 1.54) is 24.8 Å². The van der Waals surface area contributed by atoms with Crippen molar-refractivity contribution in [2.45, 2.75) is 46.5 Å². The molecule has 1 aromatic rings. The molecule has 0 unspecified atom stereocenters. The largest absolute Gasteiger partial charge is 0.373 e. The molecule has 0 aliphatic rings. The van der Waals surface area contributed by atoms with Crippen LogP contribution in [0.4, 0.5) is 0 Å². The number of unbranched alkanes of at least 4 members (excludes halogenated alkanes) is 2. The molecule has 0 saturated carbocycles. The van der Waals surface area contributed by atoms with E-state index in [1.54, 1.807) is 12.1 Å². The van der Waals surface area contributed by atoms with Gasteiger partial charge in [0.1, 0.15) is 0 Å². The van der Waals surface area contributed by atoms with Crippen molar-refractivity contribution < 1.29 is 14.6 Å². The molecule has 106 valence electrons. The van der Waals surface area contributed by atoms with E-state index in [1.807, 2.05) is 26.0 Å². The second kappa shape index (κ2) is 8.70. The fourth-order valence-corrected chi connectivity index (χ4v) is 1.66. The molecular formula is C16H24O3. The van der Waals surface area contributed by atoms with E-state index in [9.17, 15) is 4.79 Å². The van der Waals surface area contributed by atoms with Crippen LogP contribution < -0.4 is 0 Å². The van der Waals surface area contributed by atoms with Crippen LogP contribution in [0.25, 0.3) is 0 Å². The molecule has 0 aliphatic heterocycles. The van der Waals surface area contributed by atoms with Gasteiger partial charge in [-0.15, -0.1) is 0 Å². The third-order valence-electron chi connectivity index (χ3n) is 2.79. The van der Waals surface area contributed by atoms with Crippen LogP contribution in [0.1, 0.15) is 56.0 Å². The number of aryl methyl sites for hydroxylation is 1. The standard InChI is InChI=1S/C16H24O3/c1-4-5-6-7-14-8-10-15(11-9-14)16(17)19-18-12-13(2)3/h8-11,13H,4-7,12H2,1-3H3. The van der Waals surface area contributed by atoms with Crippen LogP contribution in [0.5, 0.6) is 0 Å². The van der Waals surface area contributed by atoms with Gasteiger partial charge in [-0.25, -0.2) is 4.79 Å². The van der Waals surface area contributed by atoms with Crippen molar-refractivity contribution in [2.24, 2.45) is 5.92 Å². The van der Waals surface area contributed by atoms with Crippen LogP contribution >= 0.6 is 0 Å². The molecule has 0 atom stereocenters. The molecule has 0 N–H and O–H groups in total. The minimum atomic E-state index is -0.430. The average Bonchev–Trinajstić information content (AvgIpc) is 2.39. The fourth-order valence-electron chi connectivity index (χ4n) is 1.66. The van der Waals surface area contributed by atoms with Crippen molar-refractivity contribution in [3.8, 4) is 0 Å². The molecule has 3 nitrogen and oxygen atoms in total. The number of carbonyl (C=O) groups is 1. The quantitative estimate of drug-likeness (QED) is 0.402. The van der Waals surface area contributed by atoms with Gasteiger partial charge in [0.15, 0.2) is 0 Å². The van der Waals surface area contributed by atoms with Crippen LogP contribution in [0.2, 0.25) is 0 Å². The molecule has 0 aromatic heterocycles. The van der Waals surface area contributed by atoms with E-state index in [-0.39, 0.29) is 0 Å². The third-order valence-corrected chi connectivity index (χ3v) is 2.79. The number of hydrogen-bond acceptors (Lipinski definition) is 3. The van der Waals surface area contributed by atoms with Gasteiger partial charge in [0.2, 0.25) is 0 Å². The first-order valence-electron chi connectivity index (χ1n) is 7.06. The Hall–Kier alpha value is -1.35. The first kappa shape index (κ1) is 15.7. The van der Waals surface area contributed by atoms with Crippen molar-refractivity contribution in [2.75, 3.05) is 6.61 Å². The van der Waals surface area contributed by atoms with Gasteiger partial charge in [0.05, 0.1) is 12.2 Å². The Labute approximate surface area is 115 Å². The smallest absolute Gasteiger partial charge is 0.293 e. The summed E-state index contributed by atoms with van der Waals surface area (Å²) in [7, 11) is 0. The molecule has 0 amide bonds. The SMILES string of the molecule is CCCCCc1ccc(C(=O)OOCC(C)C)cc1. The Morgan fingerprint density at radius 2 is 1.84 bits per heavy atom. The van der Waals surface area contributed by atoms with Gasteiger partial charge in [0.25, 0.3) is 0 Å². The van der Waals surface area contributed by atoms with Crippen LogP contribution in [0, 0.1) is 5.92 Å². The molecule has 1 rings (SSSR count). The molecule has 0 spiro atoms. The summed E-state index contributed by atoms with van der Waals surface area (Å²) in [6.45, 7) is 6.61. The van der Waals surface area contributed by atoms with Gasteiger partial charge in [-0.05, 0) is 36.5 Å². The Morgan fingerprint density at radius 3 is 2.42 bits per heavy atom. The summed E-state index contributed by atoms with van der Waals surface area (Å²) in [5.74, 6) is -0.0884. The summed E-state index contributed by atoms with van der Waals surface area (Å²) >= 11 is 0. The van der Waals surface area contributed by atoms with Crippen LogP contribution in [0.3, 0.4) is 0 Å². The molecular weight excluding hydrogens is 240 g/mol. The lowest BCUT2D eigenvalue weighted by atomic mass is 10.1. The lowest BCUT2D eigenvalue weighted by molar-refractivity contribution is -0.246. The van der Waals surface area contributed by atoms with E-state index in [4.69, 9.17) is 9.78 Å². The normalized spacial score (nSPS) is 10.7. The van der Waals surface area contributed by atoms with Gasteiger partial charge < -0.3 is 0 Å². The van der Waals surface area contributed by atoms with Gasteiger partial charge >= 0.3 is 5.97 Å². The maximum Gasteiger partial charge on any atom is 0.373 e. The maximum absolute atomic E-state index is 11.7. The number of rotatable bonds is 8. The molecule has 19 heavy (non-hydrogen) atoms. The minimum absolute atomic E-state index is 0.341. The van der Waals surface area contributed by atoms with E-state index >= 15 is 0 Å². The molecule has 1 aromatic carbocycles. The Balaban J connectivity index is 2.39. The molecule has 0 radical (unpaired) electrons. The van der Waals surface area contributed by atoms with Crippen molar-refractivity contribution in [1.82, 2.24) is 0 Å².